The number of halogens is 2. The zero-order valence-electron chi connectivity index (χ0n) is 14.3. The van der Waals surface area contributed by atoms with Crippen LogP contribution in [0.1, 0.15) is 35.3 Å². The van der Waals surface area contributed by atoms with E-state index in [1.54, 1.807) is 19.2 Å². The fourth-order valence-corrected chi connectivity index (χ4v) is 2.43. The molecule has 0 bridgehead atoms. The van der Waals surface area contributed by atoms with Gasteiger partial charge in [-0.25, -0.2) is 13.6 Å². The molecule has 1 atom stereocenters. The summed E-state index contributed by atoms with van der Waals surface area (Å²) in [5.41, 5.74) is 2.10. The molecule has 0 saturated carbocycles. The molecular formula is C18H22F2NO2P. The maximum Gasteiger partial charge on any atom is 0.338 e. The van der Waals surface area contributed by atoms with Crippen molar-refractivity contribution >= 4 is 32.3 Å². The van der Waals surface area contributed by atoms with Crippen molar-refractivity contribution in [1.29, 1.82) is 0 Å². The van der Waals surface area contributed by atoms with E-state index in [1.165, 1.54) is 31.2 Å². The topological polar surface area (TPSA) is 29.5 Å². The number of ether oxygens (including phenoxy) is 1. The molecule has 1 unspecified atom stereocenters. The number of hydrogen-bond acceptors (Lipinski definition) is 3. The van der Waals surface area contributed by atoms with E-state index in [-0.39, 0.29) is 5.57 Å². The van der Waals surface area contributed by atoms with Crippen molar-refractivity contribution in [3.63, 3.8) is 0 Å². The molecule has 0 radical (unpaired) electrons. The molecule has 1 aromatic carbocycles. The first-order valence-corrected chi connectivity index (χ1v) is 7.73. The number of nitrogens with zero attached hydrogens (tertiary/aromatic N) is 1. The molecule has 1 aromatic rings. The van der Waals surface area contributed by atoms with Gasteiger partial charge in [-0.05, 0) is 29.9 Å². The maximum absolute atomic E-state index is 13.3. The second kappa shape index (κ2) is 7.71. The van der Waals surface area contributed by atoms with Gasteiger partial charge in [0, 0.05) is 37.0 Å². The van der Waals surface area contributed by atoms with Gasteiger partial charge < -0.3 is 9.64 Å². The molecular weight excluding hydrogens is 331 g/mol. The van der Waals surface area contributed by atoms with Crippen LogP contribution in [0.25, 0.3) is 11.8 Å². The number of hydrogen-bond donors (Lipinski definition) is 0. The first-order chi connectivity index (χ1) is 11.0. The van der Waals surface area contributed by atoms with Crippen LogP contribution in [-0.4, -0.2) is 30.9 Å². The van der Waals surface area contributed by atoms with E-state index >= 15 is 0 Å². The highest BCUT2D eigenvalue weighted by Crippen LogP contribution is 2.26. The number of esters is 1. The van der Waals surface area contributed by atoms with Gasteiger partial charge in [0.15, 0.2) is 0 Å². The summed E-state index contributed by atoms with van der Waals surface area (Å²) >= 11 is 0. The van der Waals surface area contributed by atoms with Crippen molar-refractivity contribution in [2.75, 3.05) is 14.2 Å². The van der Waals surface area contributed by atoms with Gasteiger partial charge in [0.25, 0.3) is 5.92 Å². The monoisotopic (exact) mass is 353 g/mol. The number of allylic oxidation sites excluding steroid dienone is 1. The summed E-state index contributed by atoms with van der Waals surface area (Å²) in [5.74, 6) is -3.38. The molecule has 1 rings (SSSR count). The van der Waals surface area contributed by atoms with Crippen molar-refractivity contribution in [1.82, 2.24) is 4.90 Å². The predicted molar refractivity (Wildman–Crippen MR) is 98.4 cm³/mol. The van der Waals surface area contributed by atoms with Crippen LogP contribution in [0.2, 0.25) is 0 Å². The van der Waals surface area contributed by atoms with E-state index in [9.17, 15) is 13.6 Å². The summed E-state index contributed by atoms with van der Waals surface area (Å²) in [4.78, 5) is 13.3. The van der Waals surface area contributed by atoms with E-state index in [0.717, 1.165) is 6.92 Å². The van der Waals surface area contributed by atoms with E-state index < -0.39 is 11.9 Å². The van der Waals surface area contributed by atoms with Crippen LogP contribution >= 0.6 is 9.24 Å². The normalized spacial score (nSPS) is 11.9. The second-order valence-electron chi connectivity index (χ2n) is 5.48. The molecule has 0 aliphatic rings. The first kappa shape index (κ1) is 20.0. The van der Waals surface area contributed by atoms with Crippen LogP contribution in [0.4, 0.5) is 8.78 Å². The lowest BCUT2D eigenvalue weighted by Crippen LogP contribution is -2.19. The van der Waals surface area contributed by atoms with E-state index in [1.807, 2.05) is 0 Å². The zero-order valence-corrected chi connectivity index (χ0v) is 15.5. The van der Waals surface area contributed by atoms with Gasteiger partial charge in [-0.3, -0.25) is 0 Å². The van der Waals surface area contributed by atoms with E-state index in [0.29, 0.717) is 27.7 Å². The number of carbonyl (C=O) groups excluding carboxylic acids is 1. The average molecular weight is 353 g/mol. The lowest BCUT2D eigenvalue weighted by Gasteiger charge is -2.22. The molecule has 0 N–H and O–H groups in total. The molecule has 0 amide bonds. The second-order valence-corrected chi connectivity index (χ2v) is 6.10. The highest BCUT2D eigenvalue weighted by atomic mass is 31.0. The van der Waals surface area contributed by atoms with Crippen molar-refractivity contribution in [3.05, 3.63) is 53.8 Å². The fourth-order valence-electron chi connectivity index (χ4n) is 2.01. The molecule has 0 aromatic heterocycles. The van der Waals surface area contributed by atoms with Crippen LogP contribution < -0.4 is 5.30 Å². The van der Waals surface area contributed by atoms with Crippen LogP contribution in [0.5, 0.6) is 0 Å². The Labute approximate surface area is 143 Å². The Kier molecular flexibility index (Phi) is 6.44. The Morgan fingerprint density at radius 3 is 2.42 bits per heavy atom. The zero-order chi connectivity index (χ0) is 18.7. The minimum atomic E-state index is -2.90. The Bertz CT molecular complexity index is 706. The largest absolute Gasteiger partial charge is 0.465 e. The van der Waals surface area contributed by atoms with Gasteiger partial charge in [0.05, 0.1) is 12.7 Å². The van der Waals surface area contributed by atoms with Crippen molar-refractivity contribution in [3.8, 4) is 0 Å². The smallest absolute Gasteiger partial charge is 0.338 e. The van der Waals surface area contributed by atoms with Gasteiger partial charge in [-0.1, -0.05) is 19.2 Å². The molecule has 3 nitrogen and oxygen atoms in total. The van der Waals surface area contributed by atoms with Crippen molar-refractivity contribution in [2.24, 2.45) is 0 Å². The molecule has 130 valence electrons. The third-order valence-electron chi connectivity index (χ3n) is 3.66. The molecule has 0 heterocycles. The minimum absolute atomic E-state index is 0.0772. The van der Waals surface area contributed by atoms with Gasteiger partial charge in [0.1, 0.15) is 0 Å². The molecule has 0 aliphatic carbocycles. The van der Waals surface area contributed by atoms with Gasteiger partial charge in [0.2, 0.25) is 0 Å². The lowest BCUT2D eigenvalue weighted by molar-refractivity contribution is 0.0598. The quantitative estimate of drug-likeness (QED) is 0.570. The number of carbonyl (C=O) groups is 1. The van der Waals surface area contributed by atoms with E-state index in [2.05, 4.69) is 22.4 Å². The van der Waals surface area contributed by atoms with Crippen LogP contribution in [0.3, 0.4) is 0 Å². The van der Waals surface area contributed by atoms with Gasteiger partial charge in [-0.15, -0.1) is 9.24 Å². The van der Waals surface area contributed by atoms with Gasteiger partial charge >= 0.3 is 5.97 Å². The third-order valence-corrected chi connectivity index (χ3v) is 4.14. The van der Waals surface area contributed by atoms with Crippen molar-refractivity contribution in [2.45, 2.75) is 19.8 Å². The van der Waals surface area contributed by atoms with Crippen LogP contribution in [0.15, 0.2) is 37.1 Å². The average Bonchev–Trinajstić information content (AvgIpc) is 2.52. The fraction of sp³-hybridized carbons (Fsp3) is 0.278. The van der Waals surface area contributed by atoms with Crippen LogP contribution in [-0.2, 0) is 4.74 Å². The number of methoxy groups -OCH3 is 1. The van der Waals surface area contributed by atoms with Crippen LogP contribution in [0, 0.1) is 0 Å². The molecule has 0 fully saturated rings. The first-order valence-electron chi connectivity index (χ1n) is 7.16. The van der Waals surface area contributed by atoms with Crippen molar-refractivity contribution < 1.29 is 18.3 Å². The third kappa shape index (κ3) is 4.51. The summed E-state index contributed by atoms with van der Waals surface area (Å²) < 4.78 is 31.4. The highest BCUT2D eigenvalue weighted by molar-refractivity contribution is 7.27. The molecule has 6 heteroatoms. The Morgan fingerprint density at radius 1 is 1.38 bits per heavy atom. The Balaban J connectivity index is 3.30. The summed E-state index contributed by atoms with van der Waals surface area (Å²) in [6, 6.07) is 3.38. The van der Waals surface area contributed by atoms with E-state index in [4.69, 9.17) is 4.74 Å². The lowest BCUT2D eigenvalue weighted by atomic mass is 10.0. The standard InChI is InChI=1S/C18H22F2NO2P/c1-7-13-8-14(16(24)9-15(13)17(22)23-6)12(3)21(5)10-11(2)18(4,19)20/h7-10H,1,3,24H2,2,4-6H3/b11-10+. The molecule has 0 spiro atoms. The van der Waals surface area contributed by atoms with Gasteiger partial charge in [-0.2, -0.15) is 0 Å². The Morgan fingerprint density at radius 2 is 1.96 bits per heavy atom. The molecule has 0 aliphatic heterocycles. The Hall–Kier alpha value is -2.00. The number of rotatable bonds is 6. The number of benzene rings is 1. The summed E-state index contributed by atoms with van der Waals surface area (Å²) in [7, 11) is 5.46. The highest BCUT2D eigenvalue weighted by Gasteiger charge is 2.24. The summed E-state index contributed by atoms with van der Waals surface area (Å²) in [6.45, 7) is 9.87. The number of alkyl halides is 2. The summed E-state index contributed by atoms with van der Waals surface area (Å²) in [5, 5.41) is 0.701. The summed E-state index contributed by atoms with van der Waals surface area (Å²) in [6.07, 6.45) is 2.88. The SMILES string of the molecule is C=Cc1cc(C(=C)N(C)/C=C(\C)C(C)(F)F)c(P)cc1C(=O)OC. The predicted octanol–water partition coefficient (Wildman–Crippen LogP) is 4.08. The molecule has 0 saturated heterocycles. The maximum atomic E-state index is 13.3. The molecule has 24 heavy (non-hydrogen) atoms. The minimum Gasteiger partial charge on any atom is -0.465 e.